The summed E-state index contributed by atoms with van der Waals surface area (Å²) in [4.78, 5) is 23.9. The maximum absolute atomic E-state index is 12.7. The number of methoxy groups -OCH3 is 1. The number of carbonyl (C=O) groups excluding carboxylic acids is 1. The van der Waals surface area contributed by atoms with Gasteiger partial charge >= 0.3 is 0 Å². The van der Waals surface area contributed by atoms with E-state index in [4.69, 9.17) is 14.5 Å². The van der Waals surface area contributed by atoms with E-state index in [-0.39, 0.29) is 11.9 Å². The number of hydrogen-bond acceptors (Lipinski definition) is 5. The van der Waals surface area contributed by atoms with Crippen LogP contribution < -0.4 is 9.47 Å². The number of carbonyl (C=O) groups is 1. The Bertz CT molecular complexity index is 1420. The third-order valence-corrected chi connectivity index (χ3v) is 6.17. The maximum atomic E-state index is 12.7. The van der Waals surface area contributed by atoms with Crippen LogP contribution in [0.5, 0.6) is 17.2 Å². The van der Waals surface area contributed by atoms with Crippen LogP contribution in [0, 0.1) is 11.8 Å². The largest absolute Gasteiger partial charge is 0.497 e. The summed E-state index contributed by atoms with van der Waals surface area (Å²) in [7, 11) is 1.63. The second-order valence-corrected chi connectivity index (χ2v) is 8.34. The van der Waals surface area contributed by atoms with E-state index in [1.165, 1.54) is 0 Å². The Hall–Kier alpha value is -4.31. The SMILES string of the molecule is CC#CC(=O)N1CCCCC1c1nc(-c2ccc(Oc3cccc(OC)c3)cc2)c2cnccn12. The number of rotatable bonds is 5. The molecule has 0 aliphatic carbocycles. The summed E-state index contributed by atoms with van der Waals surface area (Å²) in [5, 5.41) is 0. The third-order valence-electron chi connectivity index (χ3n) is 6.17. The Balaban J connectivity index is 1.48. The molecular formula is C28H26N4O3. The van der Waals surface area contributed by atoms with Gasteiger partial charge in [0.05, 0.1) is 30.6 Å². The molecule has 4 aromatic rings. The monoisotopic (exact) mass is 466 g/mol. The Morgan fingerprint density at radius 2 is 1.91 bits per heavy atom. The number of benzene rings is 2. The van der Waals surface area contributed by atoms with Gasteiger partial charge in [-0.05, 0) is 68.5 Å². The molecule has 1 saturated heterocycles. The fourth-order valence-corrected chi connectivity index (χ4v) is 4.51. The van der Waals surface area contributed by atoms with E-state index in [9.17, 15) is 4.79 Å². The molecular weight excluding hydrogens is 440 g/mol. The molecule has 7 nitrogen and oxygen atoms in total. The number of imidazole rings is 1. The molecule has 2 aromatic carbocycles. The van der Waals surface area contributed by atoms with Crippen LogP contribution in [-0.2, 0) is 4.79 Å². The minimum Gasteiger partial charge on any atom is -0.497 e. The van der Waals surface area contributed by atoms with Crippen molar-refractivity contribution in [2.45, 2.75) is 32.2 Å². The van der Waals surface area contributed by atoms with Crippen LogP contribution in [0.3, 0.4) is 0 Å². The summed E-state index contributed by atoms with van der Waals surface area (Å²) in [6.07, 6.45) is 8.33. The lowest BCUT2D eigenvalue weighted by atomic mass is 10.0. The highest BCUT2D eigenvalue weighted by molar-refractivity contribution is 5.93. The Morgan fingerprint density at radius 3 is 2.71 bits per heavy atom. The van der Waals surface area contributed by atoms with E-state index in [1.807, 2.05) is 70.2 Å². The summed E-state index contributed by atoms with van der Waals surface area (Å²) in [6, 6.07) is 15.2. The number of amides is 1. The van der Waals surface area contributed by atoms with Crippen LogP contribution in [0.4, 0.5) is 0 Å². The fourth-order valence-electron chi connectivity index (χ4n) is 4.51. The van der Waals surface area contributed by atoms with Gasteiger partial charge in [0.1, 0.15) is 23.1 Å². The number of ether oxygens (including phenoxy) is 2. The van der Waals surface area contributed by atoms with E-state index in [0.717, 1.165) is 47.6 Å². The molecule has 3 heterocycles. The van der Waals surface area contributed by atoms with Gasteiger partial charge in [-0.2, -0.15) is 0 Å². The molecule has 0 saturated carbocycles. The van der Waals surface area contributed by atoms with Crippen molar-refractivity contribution < 1.29 is 14.3 Å². The molecule has 0 N–H and O–H groups in total. The summed E-state index contributed by atoms with van der Waals surface area (Å²) in [5.41, 5.74) is 2.66. The molecule has 1 unspecified atom stereocenters. The van der Waals surface area contributed by atoms with E-state index in [2.05, 4.69) is 16.8 Å². The van der Waals surface area contributed by atoms with Crippen molar-refractivity contribution in [3.63, 3.8) is 0 Å². The zero-order chi connectivity index (χ0) is 24.2. The smallest absolute Gasteiger partial charge is 0.299 e. The van der Waals surface area contributed by atoms with Crippen LogP contribution in [0.2, 0.25) is 0 Å². The quantitative estimate of drug-likeness (QED) is 0.375. The third kappa shape index (κ3) is 4.56. The first-order valence-electron chi connectivity index (χ1n) is 11.7. The summed E-state index contributed by atoms with van der Waals surface area (Å²) >= 11 is 0. The molecule has 35 heavy (non-hydrogen) atoms. The number of hydrogen-bond donors (Lipinski definition) is 0. The van der Waals surface area contributed by atoms with Crippen molar-refractivity contribution in [3.8, 4) is 40.3 Å². The van der Waals surface area contributed by atoms with Gasteiger partial charge in [-0.3, -0.25) is 14.2 Å². The average Bonchev–Trinajstić information content (AvgIpc) is 3.29. The number of aromatic nitrogens is 3. The van der Waals surface area contributed by atoms with Crippen molar-refractivity contribution >= 4 is 11.4 Å². The lowest BCUT2D eigenvalue weighted by Crippen LogP contribution is -2.38. The van der Waals surface area contributed by atoms with Gasteiger partial charge in [0.25, 0.3) is 5.91 Å². The van der Waals surface area contributed by atoms with E-state index in [1.54, 1.807) is 20.2 Å². The highest BCUT2D eigenvalue weighted by Crippen LogP contribution is 2.35. The van der Waals surface area contributed by atoms with Crippen molar-refractivity contribution in [2.24, 2.45) is 0 Å². The molecule has 7 heteroatoms. The predicted molar refractivity (Wildman–Crippen MR) is 133 cm³/mol. The van der Waals surface area contributed by atoms with Crippen molar-refractivity contribution in [1.82, 2.24) is 19.3 Å². The predicted octanol–water partition coefficient (Wildman–Crippen LogP) is 5.27. The molecule has 2 aromatic heterocycles. The summed E-state index contributed by atoms with van der Waals surface area (Å²) in [5.74, 6) is 8.28. The zero-order valence-electron chi connectivity index (χ0n) is 19.8. The molecule has 1 atom stereocenters. The number of likely N-dealkylation sites (tertiary alicyclic amines) is 1. The standard InChI is InChI=1S/C28H26N4O3/c1-3-7-26(33)31-16-5-4-10-24(31)28-30-27(25-19-29-15-17-32(25)28)20-11-13-21(14-12-20)35-23-9-6-8-22(18-23)34-2/h6,8-9,11-15,17-19,24H,4-5,10,16H2,1-2H3. The lowest BCUT2D eigenvalue weighted by Gasteiger charge is -2.33. The molecule has 1 aliphatic rings. The summed E-state index contributed by atoms with van der Waals surface area (Å²) in [6.45, 7) is 2.37. The molecule has 1 aliphatic heterocycles. The normalized spacial score (nSPS) is 15.4. The van der Waals surface area contributed by atoms with Crippen LogP contribution in [0.15, 0.2) is 67.1 Å². The van der Waals surface area contributed by atoms with Gasteiger partial charge in [-0.25, -0.2) is 4.98 Å². The topological polar surface area (TPSA) is 69.0 Å². The minimum atomic E-state index is -0.149. The molecule has 0 bridgehead atoms. The lowest BCUT2D eigenvalue weighted by molar-refractivity contribution is -0.129. The Labute approximate surface area is 204 Å². The number of piperidine rings is 1. The molecule has 1 amide bonds. The van der Waals surface area contributed by atoms with E-state index >= 15 is 0 Å². The number of nitrogens with zero attached hydrogens (tertiary/aromatic N) is 4. The first-order valence-corrected chi connectivity index (χ1v) is 11.7. The summed E-state index contributed by atoms with van der Waals surface area (Å²) < 4.78 is 13.3. The van der Waals surface area contributed by atoms with E-state index in [0.29, 0.717) is 18.0 Å². The van der Waals surface area contributed by atoms with E-state index < -0.39 is 0 Å². The highest BCUT2D eigenvalue weighted by Gasteiger charge is 2.31. The van der Waals surface area contributed by atoms with Crippen LogP contribution >= 0.6 is 0 Å². The first kappa shape index (κ1) is 22.5. The molecule has 176 valence electrons. The molecule has 0 spiro atoms. The minimum absolute atomic E-state index is 0.128. The Kier molecular flexibility index (Phi) is 6.36. The second kappa shape index (κ2) is 9.90. The molecule has 0 radical (unpaired) electrons. The molecule has 5 rings (SSSR count). The highest BCUT2D eigenvalue weighted by atomic mass is 16.5. The van der Waals surface area contributed by atoms with Crippen molar-refractivity contribution in [1.29, 1.82) is 0 Å². The van der Waals surface area contributed by atoms with Gasteiger partial charge in [0, 0.05) is 30.6 Å². The first-order chi connectivity index (χ1) is 17.2. The fraction of sp³-hybridized carbons (Fsp3) is 0.250. The average molecular weight is 467 g/mol. The Morgan fingerprint density at radius 1 is 1.09 bits per heavy atom. The maximum Gasteiger partial charge on any atom is 0.299 e. The van der Waals surface area contributed by atoms with Gasteiger partial charge in [0.2, 0.25) is 0 Å². The van der Waals surface area contributed by atoms with Crippen LogP contribution in [-0.4, -0.2) is 38.8 Å². The number of fused-ring (bicyclic) bond motifs is 1. The van der Waals surface area contributed by atoms with Gasteiger partial charge < -0.3 is 14.4 Å². The van der Waals surface area contributed by atoms with Crippen molar-refractivity contribution in [3.05, 3.63) is 72.9 Å². The second-order valence-electron chi connectivity index (χ2n) is 8.34. The van der Waals surface area contributed by atoms with Gasteiger partial charge in [-0.15, -0.1) is 0 Å². The molecule has 1 fully saturated rings. The van der Waals surface area contributed by atoms with Gasteiger partial charge in [-0.1, -0.05) is 12.0 Å². The van der Waals surface area contributed by atoms with Crippen LogP contribution in [0.25, 0.3) is 16.8 Å². The van der Waals surface area contributed by atoms with Crippen LogP contribution in [0.1, 0.15) is 38.1 Å². The van der Waals surface area contributed by atoms with Gasteiger partial charge in [0.15, 0.2) is 0 Å². The van der Waals surface area contributed by atoms with Crippen molar-refractivity contribution in [2.75, 3.05) is 13.7 Å². The zero-order valence-corrected chi connectivity index (χ0v) is 19.8.